The highest BCUT2D eigenvalue weighted by molar-refractivity contribution is 5.96. The number of hydrogen-bond donors (Lipinski definition) is 0. The number of carbonyl (C=O) groups excluding carboxylic acids is 1. The molecule has 3 aromatic rings. The van der Waals surface area contributed by atoms with Gasteiger partial charge in [0.15, 0.2) is 5.76 Å². The highest BCUT2D eigenvalue weighted by atomic mass is 16.3. The Balaban J connectivity index is 1.99. The summed E-state index contributed by atoms with van der Waals surface area (Å²) in [5.74, 6) is 1.19. The van der Waals surface area contributed by atoms with Crippen LogP contribution < -0.4 is 0 Å². The lowest BCUT2D eigenvalue weighted by Crippen LogP contribution is -2.10. The second-order valence-electron chi connectivity index (χ2n) is 4.79. The van der Waals surface area contributed by atoms with Crippen LogP contribution in [0.3, 0.4) is 0 Å². The molecule has 0 N–H and O–H groups in total. The largest absolute Gasteiger partial charge is 0.461 e. The Hall–Kier alpha value is -2.36. The minimum absolute atomic E-state index is 0.0301. The van der Waals surface area contributed by atoms with Crippen LogP contribution in [0.1, 0.15) is 28.9 Å². The lowest BCUT2D eigenvalue weighted by molar-refractivity contribution is 0.0962. The number of benzene rings is 1. The molecule has 0 aliphatic carbocycles. The second kappa shape index (κ2) is 4.96. The van der Waals surface area contributed by atoms with Gasteiger partial charge in [0.05, 0.1) is 23.7 Å². The molecule has 3 rings (SSSR count). The fourth-order valence-electron chi connectivity index (χ4n) is 2.50. The van der Waals surface area contributed by atoms with Gasteiger partial charge in [-0.3, -0.25) is 4.79 Å². The molecule has 0 aliphatic rings. The number of carbonyl (C=O) groups is 1. The Labute approximate surface area is 117 Å². The summed E-state index contributed by atoms with van der Waals surface area (Å²) in [6, 6.07) is 9.73. The maximum Gasteiger partial charge on any atom is 0.205 e. The Kier molecular flexibility index (Phi) is 3.14. The Morgan fingerprint density at radius 1 is 1.30 bits per heavy atom. The lowest BCUT2D eigenvalue weighted by atomic mass is 10.1. The molecule has 0 fully saturated rings. The summed E-state index contributed by atoms with van der Waals surface area (Å²) in [7, 11) is 0. The highest BCUT2D eigenvalue weighted by Crippen LogP contribution is 2.18. The van der Waals surface area contributed by atoms with Crippen LogP contribution in [0.25, 0.3) is 11.0 Å². The summed E-state index contributed by atoms with van der Waals surface area (Å²) in [5, 5.41) is 0. The topological polar surface area (TPSA) is 48.0 Å². The van der Waals surface area contributed by atoms with Crippen LogP contribution in [0.5, 0.6) is 0 Å². The van der Waals surface area contributed by atoms with Crippen LogP contribution in [0.2, 0.25) is 0 Å². The van der Waals surface area contributed by atoms with Crippen molar-refractivity contribution in [3.8, 4) is 0 Å². The van der Waals surface area contributed by atoms with Crippen molar-refractivity contribution >= 4 is 16.8 Å². The van der Waals surface area contributed by atoms with Crippen LogP contribution in [0.4, 0.5) is 0 Å². The van der Waals surface area contributed by atoms with Gasteiger partial charge in [-0.05, 0) is 37.6 Å². The fraction of sp³-hybridized carbons (Fsp3) is 0.250. The van der Waals surface area contributed by atoms with Gasteiger partial charge < -0.3 is 8.98 Å². The van der Waals surface area contributed by atoms with E-state index in [1.54, 1.807) is 12.3 Å². The number of fused-ring (bicyclic) bond motifs is 1. The molecular formula is C16H16N2O2. The van der Waals surface area contributed by atoms with E-state index < -0.39 is 0 Å². The number of Topliss-reactive ketones (excluding diaryl/α,β-unsaturated/α-hetero) is 1. The first-order valence-corrected chi connectivity index (χ1v) is 6.72. The molecule has 0 bridgehead atoms. The Bertz CT molecular complexity index is 768. The quantitative estimate of drug-likeness (QED) is 0.681. The first-order valence-electron chi connectivity index (χ1n) is 6.72. The van der Waals surface area contributed by atoms with Gasteiger partial charge in [-0.1, -0.05) is 12.1 Å². The smallest absolute Gasteiger partial charge is 0.205 e. The lowest BCUT2D eigenvalue weighted by Gasteiger charge is -2.04. The summed E-state index contributed by atoms with van der Waals surface area (Å²) in [6.07, 6.45) is 1.81. The minimum Gasteiger partial charge on any atom is -0.461 e. The summed E-state index contributed by atoms with van der Waals surface area (Å²) >= 11 is 0. The van der Waals surface area contributed by atoms with Crippen LogP contribution >= 0.6 is 0 Å². The number of para-hydroxylation sites is 2. The van der Waals surface area contributed by atoms with Crippen molar-refractivity contribution in [2.75, 3.05) is 0 Å². The predicted octanol–water partition coefficient (Wildman–Crippen LogP) is 3.38. The van der Waals surface area contributed by atoms with E-state index in [4.69, 9.17) is 4.42 Å². The molecule has 0 saturated carbocycles. The number of aryl methyl sites for hydroxylation is 2. The molecule has 1 aromatic carbocycles. The van der Waals surface area contributed by atoms with Crippen LogP contribution in [0, 0.1) is 6.92 Å². The summed E-state index contributed by atoms with van der Waals surface area (Å²) in [5.41, 5.74) is 2.86. The van der Waals surface area contributed by atoms with Gasteiger partial charge >= 0.3 is 0 Å². The first-order chi connectivity index (χ1) is 9.70. The first kappa shape index (κ1) is 12.7. The van der Waals surface area contributed by atoms with Crippen molar-refractivity contribution in [2.45, 2.75) is 26.8 Å². The molecule has 20 heavy (non-hydrogen) atoms. The molecule has 0 saturated heterocycles. The maximum absolute atomic E-state index is 12.3. The van der Waals surface area contributed by atoms with E-state index in [-0.39, 0.29) is 12.2 Å². The van der Waals surface area contributed by atoms with Crippen molar-refractivity contribution in [2.24, 2.45) is 0 Å². The van der Waals surface area contributed by atoms with Crippen LogP contribution in [-0.2, 0) is 13.0 Å². The van der Waals surface area contributed by atoms with Crippen molar-refractivity contribution in [1.29, 1.82) is 0 Å². The number of furan rings is 1. The van der Waals surface area contributed by atoms with E-state index in [0.29, 0.717) is 5.76 Å². The number of hydrogen-bond acceptors (Lipinski definition) is 3. The van der Waals surface area contributed by atoms with Gasteiger partial charge in [-0.2, -0.15) is 0 Å². The molecule has 0 radical (unpaired) electrons. The monoisotopic (exact) mass is 268 g/mol. The summed E-state index contributed by atoms with van der Waals surface area (Å²) < 4.78 is 7.33. The molecular weight excluding hydrogens is 252 g/mol. The van der Waals surface area contributed by atoms with Gasteiger partial charge in [0.2, 0.25) is 5.78 Å². The molecule has 0 spiro atoms. The van der Waals surface area contributed by atoms with Crippen molar-refractivity contribution in [3.05, 3.63) is 53.7 Å². The van der Waals surface area contributed by atoms with E-state index in [1.165, 1.54) is 0 Å². The molecule has 0 aliphatic heterocycles. The third-order valence-electron chi connectivity index (χ3n) is 3.48. The van der Waals surface area contributed by atoms with E-state index in [1.807, 2.05) is 31.2 Å². The Morgan fingerprint density at radius 3 is 2.80 bits per heavy atom. The third kappa shape index (κ3) is 2.03. The fourth-order valence-corrected chi connectivity index (χ4v) is 2.50. The molecule has 2 heterocycles. The Morgan fingerprint density at radius 2 is 2.10 bits per heavy atom. The van der Waals surface area contributed by atoms with E-state index in [2.05, 4.69) is 16.5 Å². The molecule has 102 valence electrons. The molecule has 4 heteroatoms. The van der Waals surface area contributed by atoms with E-state index >= 15 is 0 Å². The van der Waals surface area contributed by atoms with Crippen molar-refractivity contribution in [3.63, 3.8) is 0 Å². The van der Waals surface area contributed by atoms with Gasteiger partial charge in [-0.15, -0.1) is 0 Å². The maximum atomic E-state index is 12.3. The predicted molar refractivity (Wildman–Crippen MR) is 76.9 cm³/mol. The number of aromatic nitrogens is 2. The average molecular weight is 268 g/mol. The highest BCUT2D eigenvalue weighted by Gasteiger charge is 2.17. The molecule has 2 aromatic heterocycles. The number of nitrogens with zero attached hydrogens (tertiary/aromatic N) is 2. The number of ketones is 1. The molecule has 0 atom stereocenters. The van der Waals surface area contributed by atoms with Crippen molar-refractivity contribution < 1.29 is 9.21 Å². The minimum atomic E-state index is -0.0301. The van der Waals surface area contributed by atoms with Gasteiger partial charge in [0.1, 0.15) is 5.82 Å². The van der Waals surface area contributed by atoms with Crippen molar-refractivity contribution in [1.82, 2.24) is 9.55 Å². The second-order valence-corrected chi connectivity index (χ2v) is 4.79. The summed E-state index contributed by atoms with van der Waals surface area (Å²) in [4.78, 5) is 16.9. The molecule has 4 nitrogen and oxygen atoms in total. The van der Waals surface area contributed by atoms with Gasteiger partial charge in [0.25, 0.3) is 0 Å². The van der Waals surface area contributed by atoms with Crippen LogP contribution in [-0.4, -0.2) is 15.3 Å². The van der Waals surface area contributed by atoms with Gasteiger partial charge in [-0.25, -0.2) is 4.98 Å². The van der Waals surface area contributed by atoms with E-state index in [0.717, 1.165) is 29.0 Å². The molecule has 0 amide bonds. The van der Waals surface area contributed by atoms with E-state index in [9.17, 15) is 4.79 Å². The SMILES string of the molecule is CCn1c(CC(=O)c2occc2C)nc2ccccc21. The normalized spacial score (nSPS) is 11.1. The third-order valence-corrected chi connectivity index (χ3v) is 3.48. The zero-order valence-electron chi connectivity index (χ0n) is 11.6. The number of rotatable bonds is 4. The molecule has 0 unspecified atom stereocenters. The summed E-state index contributed by atoms with van der Waals surface area (Å²) in [6.45, 7) is 4.72. The zero-order chi connectivity index (χ0) is 14.1. The zero-order valence-corrected chi connectivity index (χ0v) is 11.6. The average Bonchev–Trinajstić information content (AvgIpc) is 3.01. The standard InChI is InChI=1S/C16H16N2O2/c1-3-18-13-7-5-4-6-12(13)17-15(18)10-14(19)16-11(2)8-9-20-16/h4-9H,3,10H2,1-2H3. The van der Waals surface area contributed by atoms with Gasteiger partial charge in [0, 0.05) is 6.54 Å². The number of imidazole rings is 1. The van der Waals surface area contributed by atoms with Crippen LogP contribution in [0.15, 0.2) is 41.0 Å².